The first-order valence-electron chi connectivity index (χ1n) is 8.68. The second-order valence-corrected chi connectivity index (χ2v) is 6.07. The van der Waals surface area contributed by atoms with Crippen LogP contribution in [0.5, 0.6) is 0 Å². The molecule has 27 heavy (non-hydrogen) atoms. The molecule has 2 aromatic carbocycles. The van der Waals surface area contributed by atoms with Crippen molar-refractivity contribution in [3.8, 4) is 5.69 Å². The van der Waals surface area contributed by atoms with Crippen molar-refractivity contribution in [2.45, 2.75) is 6.04 Å². The summed E-state index contributed by atoms with van der Waals surface area (Å²) in [6.07, 6.45) is 5.28. The highest BCUT2D eigenvalue weighted by Crippen LogP contribution is 2.21. The topological polar surface area (TPSA) is 59.8 Å². The fourth-order valence-electron chi connectivity index (χ4n) is 2.95. The zero-order valence-corrected chi connectivity index (χ0v) is 14.6. The van der Waals surface area contributed by atoms with Gasteiger partial charge in [-0.1, -0.05) is 42.5 Å². The molecule has 2 aromatic heterocycles. The molecule has 0 bridgehead atoms. The van der Waals surface area contributed by atoms with Crippen LogP contribution in [0.25, 0.3) is 5.69 Å². The third-order valence-corrected chi connectivity index (χ3v) is 4.27. The van der Waals surface area contributed by atoms with Gasteiger partial charge in [-0.3, -0.25) is 9.78 Å². The molecule has 0 saturated heterocycles. The summed E-state index contributed by atoms with van der Waals surface area (Å²) >= 11 is 0. The molecule has 2 heterocycles. The molecular weight excluding hydrogens is 336 g/mol. The maximum atomic E-state index is 13.0. The van der Waals surface area contributed by atoms with Gasteiger partial charge in [0.25, 0.3) is 5.91 Å². The molecular formula is C22H18N4O. The first kappa shape index (κ1) is 16.7. The molecule has 5 nitrogen and oxygen atoms in total. The lowest BCUT2D eigenvalue weighted by Gasteiger charge is -2.19. The van der Waals surface area contributed by atoms with Crippen molar-refractivity contribution in [2.75, 3.05) is 0 Å². The Hall–Kier alpha value is -3.73. The van der Waals surface area contributed by atoms with Crippen LogP contribution in [0.1, 0.15) is 27.7 Å². The van der Waals surface area contributed by atoms with Gasteiger partial charge in [0.15, 0.2) is 0 Å². The van der Waals surface area contributed by atoms with Gasteiger partial charge >= 0.3 is 0 Å². The summed E-state index contributed by atoms with van der Waals surface area (Å²) < 4.78 is 1.73. The predicted molar refractivity (Wildman–Crippen MR) is 104 cm³/mol. The molecule has 0 aliphatic heterocycles. The van der Waals surface area contributed by atoms with E-state index in [1.54, 1.807) is 23.1 Å². The van der Waals surface area contributed by atoms with Gasteiger partial charge in [0.2, 0.25) is 0 Å². The zero-order valence-electron chi connectivity index (χ0n) is 14.6. The number of hydrogen-bond donors (Lipinski definition) is 1. The number of carbonyl (C=O) groups is 1. The number of nitrogens with zero attached hydrogens (tertiary/aromatic N) is 3. The van der Waals surface area contributed by atoms with Crippen LogP contribution >= 0.6 is 0 Å². The molecule has 0 unspecified atom stereocenters. The number of benzene rings is 2. The quantitative estimate of drug-likeness (QED) is 0.593. The molecule has 5 heteroatoms. The molecule has 0 aliphatic rings. The average molecular weight is 354 g/mol. The van der Waals surface area contributed by atoms with Gasteiger partial charge in [-0.15, -0.1) is 0 Å². The fraction of sp³-hybridized carbons (Fsp3) is 0.0455. The van der Waals surface area contributed by atoms with Gasteiger partial charge in [0.1, 0.15) is 0 Å². The van der Waals surface area contributed by atoms with Crippen molar-refractivity contribution in [3.63, 3.8) is 0 Å². The number of aromatic nitrogens is 3. The maximum Gasteiger partial charge on any atom is 0.252 e. The Morgan fingerprint density at radius 2 is 1.74 bits per heavy atom. The summed E-state index contributed by atoms with van der Waals surface area (Å²) in [7, 11) is 0. The normalized spacial score (nSPS) is 11.7. The molecule has 0 saturated carbocycles. The molecule has 0 fully saturated rings. The molecule has 1 amide bonds. The number of carbonyl (C=O) groups excluding carboxylic acids is 1. The number of pyridine rings is 1. The van der Waals surface area contributed by atoms with Gasteiger partial charge in [0.05, 0.1) is 17.4 Å². The second kappa shape index (κ2) is 7.66. The lowest BCUT2D eigenvalue weighted by atomic mass is 10.0. The molecule has 1 N–H and O–H groups in total. The molecule has 0 radical (unpaired) electrons. The summed E-state index contributed by atoms with van der Waals surface area (Å²) in [5.41, 5.74) is 3.18. The fourth-order valence-corrected chi connectivity index (χ4v) is 2.95. The highest BCUT2D eigenvalue weighted by Gasteiger charge is 2.19. The Labute approximate surface area is 157 Å². The number of amides is 1. The van der Waals surface area contributed by atoms with E-state index in [-0.39, 0.29) is 11.9 Å². The minimum Gasteiger partial charge on any atom is -0.340 e. The monoisotopic (exact) mass is 354 g/mol. The van der Waals surface area contributed by atoms with E-state index in [9.17, 15) is 4.79 Å². The molecule has 132 valence electrons. The largest absolute Gasteiger partial charge is 0.340 e. The lowest BCUT2D eigenvalue weighted by Crippen LogP contribution is -2.30. The van der Waals surface area contributed by atoms with Crippen molar-refractivity contribution in [1.29, 1.82) is 0 Å². The van der Waals surface area contributed by atoms with Gasteiger partial charge < -0.3 is 5.32 Å². The van der Waals surface area contributed by atoms with E-state index in [0.717, 1.165) is 16.9 Å². The standard InChI is InChI=1S/C22H18N4O/c27-22(18-10-6-11-19(16-18)26-15-7-14-24-26)25-21(17-8-2-1-3-9-17)20-12-4-5-13-23-20/h1-16,21H,(H,25,27)/t21-/m0/s1. The zero-order chi connectivity index (χ0) is 18.5. The Bertz CT molecular complexity index is 975. The van der Waals surface area contributed by atoms with Gasteiger partial charge in [-0.2, -0.15) is 5.10 Å². The number of nitrogens with one attached hydrogen (secondary N) is 1. The Kier molecular flexibility index (Phi) is 4.74. The van der Waals surface area contributed by atoms with Crippen molar-refractivity contribution >= 4 is 5.91 Å². The Balaban J connectivity index is 1.64. The van der Waals surface area contributed by atoms with E-state index in [2.05, 4.69) is 15.4 Å². The Morgan fingerprint density at radius 1 is 0.889 bits per heavy atom. The van der Waals surface area contributed by atoms with Crippen molar-refractivity contribution < 1.29 is 4.79 Å². The highest BCUT2D eigenvalue weighted by molar-refractivity contribution is 5.95. The van der Waals surface area contributed by atoms with E-state index in [0.29, 0.717) is 5.56 Å². The summed E-state index contributed by atoms with van der Waals surface area (Å²) in [5.74, 6) is -0.163. The Morgan fingerprint density at radius 3 is 2.48 bits per heavy atom. The summed E-state index contributed by atoms with van der Waals surface area (Å²) in [6, 6.07) is 24.4. The van der Waals surface area contributed by atoms with Crippen LogP contribution in [0, 0.1) is 0 Å². The van der Waals surface area contributed by atoms with Crippen molar-refractivity contribution in [2.24, 2.45) is 0 Å². The van der Waals surface area contributed by atoms with Crippen LogP contribution < -0.4 is 5.32 Å². The van der Waals surface area contributed by atoms with Crippen LogP contribution in [0.2, 0.25) is 0 Å². The van der Waals surface area contributed by atoms with Crippen molar-refractivity contribution in [3.05, 3.63) is 114 Å². The third-order valence-electron chi connectivity index (χ3n) is 4.27. The number of hydrogen-bond acceptors (Lipinski definition) is 3. The SMILES string of the molecule is O=C(N[C@@H](c1ccccc1)c1ccccn1)c1cccc(-n2cccn2)c1. The minimum absolute atomic E-state index is 0.163. The molecule has 4 aromatic rings. The van der Waals surface area contributed by atoms with E-state index in [1.807, 2.05) is 79.0 Å². The first-order valence-corrected chi connectivity index (χ1v) is 8.68. The molecule has 1 atom stereocenters. The van der Waals surface area contributed by atoms with Gasteiger partial charge in [-0.05, 0) is 42.0 Å². The molecule has 4 rings (SSSR count). The van der Waals surface area contributed by atoms with E-state index < -0.39 is 0 Å². The van der Waals surface area contributed by atoms with Crippen LogP contribution in [-0.2, 0) is 0 Å². The highest BCUT2D eigenvalue weighted by atomic mass is 16.1. The lowest BCUT2D eigenvalue weighted by molar-refractivity contribution is 0.0942. The van der Waals surface area contributed by atoms with Gasteiger partial charge in [-0.25, -0.2) is 4.68 Å². The average Bonchev–Trinajstić information content (AvgIpc) is 3.28. The van der Waals surface area contributed by atoms with E-state index in [4.69, 9.17) is 0 Å². The second-order valence-electron chi connectivity index (χ2n) is 6.07. The minimum atomic E-state index is -0.326. The first-order chi connectivity index (χ1) is 13.3. The number of rotatable bonds is 5. The summed E-state index contributed by atoms with van der Waals surface area (Å²) in [6.45, 7) is 0. The van der Waals surface area contributed by atoms with E-state index in [1.165, 1.54) is 0 Å². The van der Waals surface area contributed by atoms with Crippen LogP contribution in [0.3, 0.4) is 0 Å². The maximum absolute atomic E-state index is 13.0. The van der Waals surface area contributed by atoms with Crippen LogP contribution in [-0.4, -0.2) is 20.7 Å². The van der Waals surface area contributed by atoms with Crippen molar-refractivity contribution in [1.82, 2.24) is 20.1 Å². The van der Waals surface area contributed by atoms with Gasteiger partial charge in [0, 0.05) is 24.2 Å². The summed E-state index contributed by atoms with van der Waals surface area (Å²) in [5, 5.41) is 7.33. The van der Waals surface area contributed by atoms with Crippen LogP contribution in [0.4, 0.5) is 0 Å². The van der Waals surface area contributed by atoms with E-state index >= 15 is 0 Å². The third kappa shape index (κ3) is 3.77. The summed E-state index contributed by atoms with van der Waals surface area (Å²) in [4.78, 5) is 17.4. The smallest absolute Gasteiger partial charge is 0.252 e. The van der Waals surface area contributed by atoms with Crippen LogP contribution in [0.15, 0.2) is 97.5 Å². The molecule has 0 spiro atoms. The molecule has 0 aliphatic carbocycles. The predicted octanol–water partition coefficient (Wildman–Crippen LogP) is 3.79.